The Hall–Kier alpha value is -0.870. The molecule has 1 aromatic rings. The SMILES string of the molecule is CCNS(=O)(=O)c1ccc(CCC2CCC2)cc1. The van der Waals surface area contributed by atoms with Crippen molar-refractivity contribution in [2.45, 2.75) is 43.9 Å². The topological polar surface area (TPSA) is 46.2 Å². The lowest BCUT2D eigenvalue weighted by Gasteiger charge is -2.25. The normalized spacial score (nSPS) is 16.5. The van der Waals surface area contributed by atoms with Crippen LogP contribution in [0.1, 0.15) is 38.2 Å². The number of aryl methyl sites for hydroxylation is 1. The number of nitrogens with one attached hydrogen (secondary N) is 1. The second-order valence-electron chi connectivity index (χ2n) is 4.98. The van der Waals surface area contributed by atoms with Crippen molar-refractivity contribution in [1.29, 1.82) is 0 Å². The van der Waals surface area contributed by atoms with Gasteiger partial charge in [-0.25, -0.2) is 13.1 Å². The minimum absolute atomic E-state index is 0.358. The summed E-state index contributed by atoms with van der Waals surface area (Å²) < 4.78 is 26.0. The molecular formula is C14H21NO2S. The highest BCUT2D eigenvalue weighted by atomic mass is 32.2. The van der Waals surface area contributed by atoms with E-state index in [4.69, 9.17) is 0 Å². The molecule has 0 aromatic heterocycles. The molecule has 18 heavy (non-hydrogen) atoms. The van der Waals surface area contributed by atoms with Gasteiger partial charge in [0.15, 0.2) is 0 Å². The van der Waals surface area contributed by atoms with Gasteiger partial charge in [-0.2, -0.15) is 0 Å². The van der Waals surface area contributed by atoms with E-state index in [9.17, 15) is 8.42 Å². The summed E-state index contributed by atoms with van der Waals surface area (Å²) in [5.41, 5.74) is 1.23. The lowest BCUT2D eigenvalue weighted by molar-refractivity contribution is 0.296. The molecule has 0 amide bonds. The number of hydrogen-bond acceptors (Lipinski definition) is 2. The Kier molecular flexibility index (Phi) is 4.40. The maximum absolute atomic E-state index is 11.8. The van der Waals surface area contributed by atoms with Crippen LogP contribution in [0, 0.1) is 5.92 Å². The van der Waals surface area contributed by atoms with Crippen LogP contribution in [0.5, 0.6) is 0 Å². The lowest BCUT2D eigenvalue weighted by Crippen LogP contribution is -2.23. The third kappa shape index (κ3) is 3.33. The zero-order valence-electron chi connectivity index (χ0n) is 10.9. The Bertz CT molecular complexity index is 475. The van der Waals surface area contributed by atoms with E-state index >= 15 is 0 Å². The highest BCUT2D eigenvalue weighted by molar-refractivity contribution is 7.89. The second kappa shape index (κ2) is 5.85. The van der Waals surface area contributed by atoms with Gasteiger partial charge in [0.2, 0.25) is 10.0 Å². The van der Waals surface area contributed by atoms with Gasteiger partial charge >= 0.3 is 0 Å². The van der Waals surface area contributed by atoms with Gasteiger partial charge in [0, 0.05) is 6.54 Å². The molecule has 4 heteroatoms. The first-order chi connectivity index (χ1) is 8.62. The standard InChI is InChI=1S/C14H21NO2S/c1-2-15-18(16,17)14-10-8-13(9-11-14)7-6-12-4-3-5-12/h8-12,15H,2-7H2,1H3. The molecule has 2 rings (SSSR count). The molecule has 0 radical (unpaired) electrons. The molecule has 0 bridgehead atoms. The number of hydrogen-bond donors (Lipinski definition) is 1. The Morgan fingerprint density at radius 2 is 1.89 bits per heavy atom. The maximum atomic E-state index is 11.8. The molecule has 1 aliphatic rings. The van der Waals surface area contributed by atoms with Crippen molar-refractivity contribution in [3.05, 3.63) is 29.8 Å². The predicted molar refractivity (Wildman–Crippen MR) is 73.0 cm³/mol. The number of rotatable bonds is 6. The molecule has 3 nitrogen and oxygen atoms in total. The van der Waals surface area contributed by atoms with E-state index in [0.29, 0.717) is 11.4 Å². The molecule has 1 N–H and O–H groups in total. The van der Waals surface area contributed by atoms with Crippen LogP contribution in [-0.4, -0.2) is 15.0 Å². The van der Waals surface area contributed by atoms with Gasteiger partial charge in [-0.1, -0.05) is 38.3 Å². The Balaban J connectivity index is 1.96. The van der Waals surface area contributed by atoms with Crippen LogP contribution in [0.2, 0.25) is 0 Å². The molecule has 1 aliphatic carbocycles. The summed E-state index contributed by atoms with van der Waals surface area (Å²) in [4.78, 5) is 0.358. The Morgan fingerprint density at radius 1 is 1.22 bits per heavy atom. The van der Waals surface area contributed by atoms with E-state index in [2.05, 4.69) is 4.72 Å². The molecule has 0 aliphatic heterocycles. The summed E-state index contributed by atoms with van der Waals surface area (Å²) in [6.07, 6.45) is 6.41. The summed E-state index contributed by atoms with van der Waals surface area (Å²) in [5, 5.41) is 0. The predicted octanol–water partition coefficient (Wildman–Crippen LogP) is 2.72. The zero-order chi connectivity index (χ0) is 13.0. The van der Waals surface area contributed by atoms with Gasteiger partial charge in [-0.05, 0) is 36.5 Å². The molecule has 0 heterocycles. The van der Waals surface area contributed by atoms with E-state index in [1.165, 1.54) is 31.2 Å². The van der Waals surface area contributed by atoms with E-state index in [0.717, 1.165) is 12.3 Å². The van der Waals surface area contributed by atoms with Crippen molar-refractivity contribution in [3.63, 3.8) is 0 Å². The van der Waals surface area contributed by atoms with Gasteiger partial charge in [0.25, 0.3) is 0 Å². The third-order valence-electron chi connectivity index (χ3n) is 3.63. The van der Waals surface area contributed by atoms with Gasteiger partial charge in [-0.3, -0.25) is 0 Å². The van der Waals surface area contributed by atoms with Gasteiger partial charge in [0.1, 0.15) is 0 Å². The smallest absolute Gasteiger partial charge is 0.211 e. The molecule has 0 spiro atoms. The van der Waals surface area contributed by atoms with Crippen LogP contribution in [0.3, 0.4) is 0 Å². The number of sulfonamides is 1. The monoisotopic (exact) mass is 267 g/mol. The van der Waals surface area contributed by atoms with E-state index in [-0.39, 0.29) is 0 Å². The summed E-state index contributed by atoms with van der Waals surface area (Å²) >= 11 is 0. The van der Waals surface area contributed by atoms with Gasteiger partial charge < -0.3 is 0 Å². The minimum Gasteiger partial charge on any atom is -0.211 e. The van der Waals surface area contributed by atoms with Crippen LogP contribution in [-0.2, 0) is 16.4 Å². The largest absolute Gasteiger partial charge is 0.240 e. The summed E-state index contributed by atoms with van der Waals surface area (Å²) in [6.45, 7) is 2.20. The Morgan fingerprint density at radius 3 is 2.39 bits per heavy atom. The zero-order valence-corrected chi connectivity index (χ0v) is 11.7. The highest BCUT2D eigenvalue weighted by Gasteiger charge is 2.17. The molecule has 0 atom stereocenters. The number of benzene rings is 1. The van der Waals surface area contributed by atoms with Crippen molar-refractivity contribution in [2.24, 2.45) is 5.92 Å². The van der Waals surface area contributed by atoms with Crippen molar-refractivity contribution >= 4 is 10.0 Å². The fourth-order valence-corrected chi connectivity index (χ4v) is 3.30. The van der Waals surface area contributed by atoms with Crippen LogP contribution >= 0.6 is 0 Å². The quantitative estimate of drug-likeness (QED) is 0.861. The first-order valence-electron chi connectivity index (χ1n) is 6.70. The first kappa shape index (κ1) is 13.6. The van der Waals surface area contributed by atoms with Gasteiger partial charge in [0.05, 0.1) is 4.90 Å². The summed E-state index contributed by atoms with van der Waals surface area (Å²) in [6, 6.07) is 7.27. The molecule has 100 valence electrons. The van der Waals surface area contributed by atoms with Crippen LogP contribution in [0.25, 0.3) is 0 Å². The van der Waals surface area contributed by atoms with Crippen LogP contribution in [0.4, 0.5) is 0 Å². The Labute approximate surface area is 110 Å². The second-order valence-corrected chi connectivity index (χ2v) is 6.75. The molecule has 1 saturated carbocycles. The molecule has 0 saturated heterocycles. The van der Waals surface area contributed by atoms with Crippen molar-refractivity contribution in [2.75, 3.05) is 6.54 Å². The van der Waals surface area contributed by atoms with E-state index in [1.807, 2.05) is 12.1 Å². The average Bonchev–Trinajstić information content (AvgIpc) is 2.27. The summed E-state index contributed by atoms with van der Waals surface area (Å²) in [5.74, 6) is 0.898. The molecule has 1 aromatic carbocycles. The average molecular weight is 267 g/mol. The minimum atomic E-state index is -3.30. The molecular weight excluding hydrogens is 246 g/mol. The highest BCUT2D eigenvalue weighted by Crippen LogP contribution is 2.30. The van der Waals surface area contributed by atoms with E-state index in [1.54, 1.807) is 19.1 Å². The van der Waals surface area contributed by atoms with Crippen LogP contribution in [0.15, 0.2) is 29.2 Å². The summed E-state index contributed by atoms with van der Waals surface area (Å²) in [7, 11) is -3.30. The van der Waals surface area contributed by atoms with Crippen LogP contribution < -0.4 is 4.72 Å². The van der Waals surface area contributed by atoms with Crippen molar-refractivity contribution in [3.8, 4) is 0 Å². The van der Waals surface area contributed by atoms with Gasteiger partial charge in [-0.15, -0.1) is 0 Å². The fraction of sp³-hybridized carbons (Fsp3) is 0.571. The lowest BCUT2D eigenvalue weighted by atomic mass is 9.81. The third-order valence-corrected chi connectivity index (χ3v) is 5.20. The molecule has 1 fully saturated rings. The first-order valence-corrected chi connectivity index (χ1v) is 8.19. The van der Waals surface area contributed by atoms with Crippen molar-refractivity contribution < 1.29 is 8.42 Å². The fourth-order valence-electron chi connectivity index (χ4n) is 2.26. The maximum Gasteiger partial charge on any atom is 0.240 e. The molecule has 0 unspecified atom stereocenters. The van der Waals surface area contributed by atoms with E-state index < -0.39 is 10.0 Å². The van der Waals surface area contributed by atoms with Crippen molar-refractivity contribution in [1.82, 2.24) is 4.72 Å².